The number of amides is 2. The molecule has 8 rings (SSSR count). The van der Waals surface area contributed by atoms with Crippen LogP contribution in [0.1, 0.15) is 25.7 Å². The Bertz CT molecular complexity index is 1600. The van der Waals surface area contributed by atoms with E-state index >= 15 is 0 Å². The van der Waals surface area contributed by atoms with Crippen molar-refractivity contribution in [2.45, 2.75) is 56.5 Å². The van der Waals surface area contributed by atoms with Crippen LogP contribution in [0.2, 0.25) is 0 Å². The predicted octanol–water partition coefficient (Wildman–Crippen LogP) is 2.70. The van der Waals surface area contributed by atoms with Crippen LogP contribution < -0.4 is 10.2 Å². The third-order valence-electron chi connectivity index (χ3n) is 10.4. The minimum atomic E-state index is -4.22. The monoisotopic (exact) mass is 658 g/mol. The number of alkyl halides is 3. The van der Waals surface area contributed by atoms with Gasteiger partial charge in [-0.1, -0.05) is 0 Å². The molecule has 2 atom stereocenters. The number of fused-ring (bicyclic) bond motifs is 3. The summed E-state index contributed by atoms with van der Waals surface area (Å²) in [7, 11) is 0. The van der Waals surface area contributed by atoms with Gasteiger partial charge in [0.1, 0.15) is 6.54 Å². The van der Waals surface area contributed by atoms with Gasteiger partial charge in [-0.15, -0.1) is 5.10 Å². The van der Waals surface area contributed by atoms with E-state index in [1.807, 2.05) is 39.9 Å². The topological polar surface area (TPSA) is 107 Å². The van der Waals surface area contributed by atoms with E-state index in [1.165, 1.54) is 11.5 Å². The number of hydrogen-bond acceptors (Lipinski definition) is 9. The number of anilines is 3. The molecule has 7 heterocycles. The van der Waals surface area contributed by atoms with Gasteiger partial charge in [0, 0.05) is 87.2 Å². The molecule has 1 saturated carbocycles. The Hall–Kier alpha value is -3.53. The molecule has 0 aromatic carbocycles. The summed E-state index contributed by atoms with van der Waals surface area (Å²) >= 11 is 1.98. The molecule has 0 spiro atoms. The van der Waals surface area contributed by atoms with Gasteiger partial charge in [-0.3, -0.25) is 19.2 Å². The van der Waals surface area contributed by atoms with Crippen molar-refractivity contribution in [2.75, 3.05) is 61.0 Å². The maximum atomic E-state index is 13.2. The van der Waals surface area contributed by atoms with Crippen LogP contribution in [0.3, 0.4) is 0 Å². The van der Waals surface area contributed by atoms with Crippen molar-refractivity contribution in [2.24, 2.45) is 11.8 Å². The third kappa shape index (κ3) is 5.56. The summed E-state index contributed by atoms with van der Waals surface area (Å²) in [6.45, 7) is 4.71. The van der Waals surface area contributed by atoms with E-state index < -0.39 is 18.0 Å². The van der Waals surface area contributed by atoms with Gasteiger partial charge in [0.2, 0.25) is 17.8 Å². The highest BCUT2D eigenvalue weighted by atomic mass is 32.2. The number of halogens is 3. The highest BCUT2D eigenvalue weighted by molar-refractivity contribution is 8.00. The largest absolute Gasteiger partial charge is 0.391 e. The lowest BCUT2D eigenvalue weighted by molar-refractivity contribution is -0.207. The van der Waals surface area contributed by atoms with E-state index in [9.17, 15) is 22.8 Å². The number of nitrogens with one attached hydrogen (secondary N) is 1. The lowest BCUT2D eigenvalue weighted by atomic mass is 9.73. The molecule has 2 bridgehead atoms. The molecule has 4 aliphatic heterocycles. The molecule has 16 heteroatoms. The molecule has 5 aliphatic rings. The molecule has 4 saturated heterocycles. The van der Waals surface area contributed by atoms with Gasteiger partial charge >= 0.3 is 6.18 Å². The standard InChI is InChI=1S/C30H37F3N10O2S/c31-30(32,33)20-10-19(11-20)28(45)43-22-3-4-23(43)15-40(14-22)25-2-1-5-42-27(25)36-29(37-42)35-21-12-34-41(13-21)16-26(44)39-8-6-38(7-9-39)24-17-46-18-24/h1-2,5,12-13,19-20,22-24H,3-4,6-11,14-18H2,(H,35,37)/t19-,20-,22?,23?. The van der Waals surface area contributed by atoms with Gasteiger partial charge in [-0.2, -0.15) is 35.0 Å². The van der Waals surface area contributed by atoms with Crippen molar-refractivity contribution in [1.29, 1.82) is 0 Å². The van der Waals surface area contributed by atoms with Gasteiger partial charge in [0.25, 0.3) is 0 Å². The van der Waals surface area contributed by atoms with Gasteiger partial charge < -0.3 is 20.0 Å². The number of rotatable bonds is 7. The number of thioether (sulfide) groups is 1. The summed E-state index contributed by atoms with van der Waals surface area (Å²) in [5.41, 5.74) is 2.23. The molecule has 2 amide bonds. The Morgan fingerprint density at radius 2 is 1.76 bits per heavy atom. The first-order valence-electron chi connectivity index (χ1n) is 16.1. The molecule has 2 unspecified atom stereocenters. The van der Waals surface area contributed by atoms with Crippen molar-refractivity contribution in [3.63, 3.8) is 0 Å². The molecule has 0 radical (unpaired) electrons. The van der Waals surface area contributed by atoms with Crippen molar-refractivity contribution in [1.82, 2.24) is 39.1 Å². The third-order valence-corrected chi connectivity index (χ3v) is 11.6. The second kappa shape index (κ2) is 11.6. The fourth-order valence-corrected chi connectivity index (χ4v) is 8.47. The Morgan fingerprint density at radius 1 is 1.02 bits per heavy atom. The highest BCUT2D eigenvalue weighted by Gasteiger charge is 2.53. The first-order chi connectivity index (χ1) is 22.2. The molecule has 1 N–H and O–H groups in total. The van der Waals surface area contributed by atoms with Gasteiger partial charge in [0.05, 0.1) is 23.5 Å². The Balaban J connectivity index is 0.889. The number of piperazine rings is 2. The summed E-state index contributed by atoms with van der Waals surface area (Å²) in [5, 5.41) is 12.2. The van der Waals surface area contributed by atoms with Crippen LogP contribution in [0.25, 0.3) is 5.65 Å². The zero-order chi connectivity index (χ0) is 31.6. The first kappa shape index (κ1) is 29.8. The van der Waals surface area contributed by atoms with Gasteiger partial charge in [0.15, 0.2) is 5.65 Å². The molecular formula is C30H37F3N10O2S. The minimum absolute atomic E-state index is 0.0313. The molecule has 46 heavy (non-hydrogen) atoms. The van der Waals surface area contributed by atoms with Gasteiger partial charge in [-0.25, -0.2) is 4.52 Å². The van der Waals surface area contributed by atoms with E-state index in [-0.39, 0.29) is 43.3 Å². The number of nitrogens with zero attached hydrogens (tertiary/aromatic N) is 9. The van der Waals surface area contributed by atoms with E-state index in [1.54, 1.807) is 21.6 Å². The number of aromatic nitrogens is 5. The van der Waals surface area contributed by atoms with Crippen molar-refractivity contribution < 1.29 is 22.8 Å². The Morgan fingerprint density at radius 3 is 2.43 bits per heavy atom. The lowest BCUT2D eigenvalue weighted by Gasteiger charge is -2.45. The average Bonchev–Trinajstić information content (AvgIpc) is 3.66. The molecule has 12 nitrogen and oxygen atoms in total. The fraction of sp³-hybridized carbons (Fsp3) is 0.633. The van der Waals surface area contributed by atoms with Crippen LogP contribution in [0.4, 0.5) is 30.5 Å². The van der Waals surface area contributed by atoms with Gasteiger partial charge in [-0.05, 0) is 37.8 Å². The SMILES string of the molecule is O=C(Cn1cc(Nc2nc3c(N4CC5CCC(C4)N5C(=O)[C@H]4C[C@H](C(F)(F)F)C4)cccn3n2)cn1)N1CCN(C2CSC2)CC1. The van der Waals surface area contributed by atoms with Crippen LogP contribution in [0.5, 0.6) is 0 Å². The minimum Gasteiger partial charge on any atom is -0.364 e. The number of carbonyl (C=O) groups is 2. The van der Waals surface area contributed by atoms with E-state index in [0.29, 0.717) is 36.4 Å². The molecule has 3 aromatic heterocycles. The van der Waals surface area contributed by atoms with Crippen LogP contribution in [-0.4, -0.2) is 126 Å². The van der Waals surface area contributed by atoms with Crippen LogP contribution in [0.15, 0.2) is 30.7 Å². The normalized spacial score (nSPS) is 27.2. The highest BCUT2D eigenvalue weighted by Crippen LogP contribution is 2.47. The molecule has 3 aromatic rings. The lowest BCUT2D eigenvalue weighted by Crippen LogP contribution is -2.58. The average molecular weight is 659 g/mol. The van der Waals surface area contributed by atoms with E-state index in [0.717, 1.165) is 44.7 Å². The maximum absolute atomic E-state index is 13.2. The van der Waals surface area contributed by atoms with Crippen LogP contribution in [-0.2, 0) is 16.1 Å². The molecular weight excluding hydrogens is 621 g/mol. The summed E-state index contributed by atoms with van der Waals surface area (Å²) < 4.78 is 42.4. The quantitative estimate of drug-likeness (QED) is 0.410. The first-order valence-corrected chi connectivity index (χ1v) is 17.2. The number of carbonyl (C=O) groups excluding carboxylic acids is 2. The zero-order valence-corrected chi connectivity index (χ0v) is 26.2. The second-order valence-electron chi connectivity index (χ2n) is 13.2. The van der Waals surface area contributed by atoms with Crippen molar-refractivity contribution in [3.05, 3.63) is 30.7 Å². The maximum Gasteiger partial charge on any atom is 0.391 e. The molecule has 1 aliphatic carbocycles. The fourth-order valence-electron chi connectivity index (χ4n) is 7.60. The molecule has 246 valence electrons. The summed E-state index contributed by atoms with van der Waals surface area (Å²) in [6.07, 6.45) is 2.53. The van der Waals surface area contributed by atoms with Crippen molar-refractivity contribution >= 4 is 46.5 Å². The summed E-state index contributed by atoms with van der Waals surface area (Å²) in [4.78, 5) is 39.4. The van der Waals surface area contributed by atoms with E-state index in [2.05, 4.69) is 25.3 Å². The smallest absolute Gasteiger partial charge is 0.364 e. The number of hydrogen-bond donors (Lipinski definition) is 1. The van der Waals surface area contributed by atoms with Crippen LogP contribution in [0, 0.1) is 11.8 Å². The summed E-state index contributed by atoms with van der Waals surface area (Å²) in [6, 6.07) is 4.49. The Labute approximate surface area is 268 Å². The molecule has 5 fully saturated rings. The second-order valence-corrected chi connectivity index (χ2v) is 14.3. The predicted molar refractivity (Wildman–Crippen MR) is 166 cm³/mol. The zero-order valence-electron chi connectivity index (χ0n) is 25.3. The van der Waals surface area contributed by atoms with Crippen LogP contribution >= 0.6 is 11.8 Å². The van der Waals surface area contributed by atoms with Crippen molar-refractivity contribution in [3.8, 4) is 0 Å². The number of pyridine rings is 1. The summed E-state index contributed by atoms with van der Waals surface area (Å²) in [5.74, 6) is 0.842. The Kier molecular flexibility index (Phi) is 7.54. The van der Waals surface area contributed by atoms with E-state index in [4.69, 9.17) is 4.98 Å².